The number of carboxylic acids is 1. The highest BCUT2D eigenvalue weighted by molar-refractivity contribution is 5.83. The number of rotatable bonds is 41. The Kier molecular flexibility index (Phi) is 39.4. The van der Waals surface area contributed by atoms with E-state index in [1.807, 2.05) is 0 Å². The second-order valence-electron chi connectivity index (χ2n) is 15.5. The number of nitrogens with two attached hydrogens (primary N) is 1. The molecule has 7 heteroatoms. The fourth-order valence-electron chi connectivity index (χ4n) is 6.83. The van der Waals surface area contributed by atoms with Gasteiger partial charge in [0.25, 0.3) is 0 Å². The van der Waals surface area contributed by atoms with Crippen LogP contribution in [0.25, 0.3) is 0 Å². The molecule has 2 unspecified atom stereocenters. The minimum absolute atomic E-state index is 0.00488. The van der Waals surface area contributed by atoms with E-state index in [0.29, 0.717) is 32.2 Å². The van der Waals surface area contributed by atoms with E-state index < -0.39 is 12.0 Å². The topological polar surface area (TPSA) is 119 Å². The first-order valence-corrected chi connectivity index (χ1v) is 22.7. The van der Waals surface area contributed by atoms with Gasteiger partial charge in [0, 0.05) is 12.8 Å². The zero-order valence-electron chi connectivity index (χ0n) is 34.9. The molecule has 7 nitrogen and oxygen atoms in total. The molecule has 0 aliphatic carbocycles. The normalized spacial score (nSPS) is 12.8. The number of nitrogens with one attached hydrogen (secondary N) is 1. The summed E-state index contributed by atoms with van der Waals surface area (Å²) in [4.78, 5) is 36.4. The Hall–Kier alpha value is -2.15. The molecule has 4 N–H and O–H groups in total. The van der Waals surface area contributed by atoms with Gasteiger partial charge in [-0.2, -0.15) is 0 Å². The quantitative estimate of drug-likeness (QED) is 0.0325. The van der Waals surface area contributed by atoms with E-state index in [2.05, 4.69) is 43.5 Å². The minimum atomic E-state index is -1.00. The predicted molar refractivity (Wildman–Crippen MR) is 225 cm³/mol. The number of hydrogen-bond acceptors (Lipinski definition) is 5. The SMILES string of the molecule is CCCCCCC/C=C\C/C=C\CCCCCC(CCCCCCCC(=O)NC(CCCN)C(=O)O)OC(=O)CCCCCCCCCCCCCC. The molecule has 0 aromatic heterocycles. The van der Waals surface area contributed by atoms with Gasteiger partial charge in [0.15, 0.2) is 0 Å². The van der Waals surface area contributed by atoms with Crippen LogP contribution in [-0.2, 0) is 19.1 Å². The van der Waals surface area contributed by atoms with Crippen molar-refractivity contribution >= 4 is 17.8 Å². The number of amides is 1. The van der Waals surface area contributed by atoms with Crippen LogP contribution in [0.1, 0.15) is 232 Å². The highest BCUT2D eigenvalue weighted by Gasteiger charge is 2.19. The van der Waals surface area contributed by atoms with E-state index >= 15 is 0 Å². The smallest absolute Gasteiger partial charge is 0.326 e. The van der Waals surface area contributed by atoms with Gasteiger partial charge in [-0.15, -0.1) is 0 Å². The number of carboxylic acid groups (broad SMARTS) is 1. The number of aliphatic carboxylic acids is 1. The summed E-state index contributed by atoms with van der Waals surface area (Å²) in [5.41, 5.74) is 5.49. The molecular weight excluding hydrogens is 661 g/mol. The zero-order chi connectivity index (χ0) is 38.9. The van der Waals surface area contributed by atoms with E-state index in [0.717, 1.165) is 83.5 Å². The van der Waals surface area contributed by atoms with Gasteiger partial charge in [-0.1, -0.05) is 160 Å². The standard InChI is InChI=1S/C46H86N2O5/c1-3-5-7-9-11-13-15-17-18-19-20-22-24-27-31-36-42(53-45(50)40-34-30-25-23-21-16-14-12-10-8-6-4-2)37-32-28-26-29-33-39-44(49)48-43(46(51)52)38-35-41-47/h15,17,19-20,42-43H,3-14,16,18,21-41,47H2,1-2H3,(H,48,49)(H,51,52)/b17-15-,20-19-. The average molecular weight is 747 g/mol. The van der Waals surface area contributed by atoms with Crippen LogP contribution in [0.2, 0.25) is 0 Å². The summed E-state index contributed by atoms with van der Waals surface area (Å²) in [5.74, 6) is -1.24. The number of ether oxygens (including phenoxy) is 1. The molecule has 0 aromatic rings. The Morgan fingerprint density at radius 3 is 1.47 bits per heavy atom. The Labute approximate surface area is 327 Å². The molecule has 0 saturated heterocycles. The highest BCUT2D eigenvalue weighted by atomic mass is 16.5. The van der Waals surface area contributed by atoms with E-state index in [9.17, 15) is 19.5 Å². The average Bonchev–Trinajstić information content (AvgIpc) is 3.14. The van der Waals surface area contributed by atoms with E-state index in [-0.39, 0.29) is 18.0 Å². The molecule has 0 radical (unpaired) electrons. The third-order valence-electron chi connectivity index (χ3n) is 10.3. The zero-order valence-corrected chi connectivity index (χ0v) is 34.9. The molecule has 0 aromatic carbocycles. The molecule has 2 atom stereocenters. The molecule has 0 rings (SSSR count). The monoisotopic (exact) mass is 747 g/mol. The van der Waals surface area contributed by atoms with Gasteiger partial charge >= 0.3 is 11.9 Å². The summed E-state index contributed by atoms with van der Waals surface area (Å²) in [5, 5.41) is 11.9. The fourth-order valence-corrected chi connectivity index (χ4v) is 6.83. The lowest BCUT2D eigenvalue weighted by atomic mass is 10.0. The second kappa shape index (κ2) is 41.0. The Bertz CT molecular complexity index is 889. The molecule has 1 amide bonds. The first-order valence-electron chi connectivity index (χ1n) is 22.7. The van der Waals surface area contributed by atoms with E-state index in [1.165, 1.54) is 109 Å². The van der Waals surface area contributed by atoms with Crippen molar-refractivity contribution < 1.29 is 24.2 Å². The Morgan fingerprint density at radius 2 is 0.981 bits per heavy atom. The van der Waals surface area contributed by atoms with Crippen LogP contribution in [0.15, 0.2) is 24.3 Å². The van der Waals surface area contributed by atoms with Crippen LogP contribution < -0.4 is 11.1 Å². The van der Waals surface area contributed by atoms with Crippen LogP contribution in [0, 0.1) is 0 Å². The lowest BCUT2D eigenvalue weighted by molar-refractivity contribution is -0.150. The maximum absolute atomic E-state index is 12.8. The Balaban J connectivity index is 4.37. The summed E-state index contributed by atoms with van der Waals surface area (Å²) in [6.45, 7) is 4.94. The first-order chi connectivity index (χ1) is 25.9. The summed E-state index contributed by atoms with van der Waals surface area (Å²) in [7, 11) is 0. The van der Waals surface area contributed by atoms with Crippen molar-refractivity contribution in [3.63, 3.8) is 0 Å². The number of unbranched alkanes of at least 4 members (excludes halogenated alkanes) is 23. The Morgan fingerprint density at radius 1 is 0.547 bits per heavy atom. The van der Waals surface area contributed by atoms with Crippen LogP contribution in [0.3, 0.4) is 0 Å². The van der Waals surface area contributed by atoms with Crippen molar-refractivity contribution in [3.8, 4) is 0 Å². The van der Waals surface area contributed by atoms with Gasteiger partial charge in [0.05, 0.1) is 0 Å². The van der Waals surface area contributed by atoms with E-state index in [1.54, 1.807) is 0 Å². The van der Waals surface area contributed by atoms with Crippen molar-refractivity contribution in [1.29, 1.82) is 0 Å². The van der Waals surface area contributed by atoms with Gasteiger partial charge in [0.2, 0.25) is 5.91 Å². The molecule has 53 heavy (non-hydrogen) atoms. The van der Waals surface area contributed by atoms with Crippen LogP contribution in [0.4, 0.5) is 0 Å². The molecule has 0 aliphatic rings. The van der Waals surface area contributed by atoms with Crippen molar-refractivity contribution in [3.05, 3.63) is 24.3 Å². The number of carbonyl (C=O) groups is 3. The summed E-state index contributed by atoms with van der Waals surface area (Å²) < 4.78 is 6.04. The lowest BCUT2D eigenvalue weighted by Crippen LogP contribution is -2.40. The molecular formula is C46H86N2O5. The van der Waals surface area contributed by atoms with Crippen molar-refractivity contribution in [2.24, 2.45) is 5.73 Å². The maximum Gasteiger partial charge on any atom is 0.326 e. The lowest BCUT2D eigenvalue weighted by Gasteiger charge is -2.18. The van der Waals surface area contributed by atoms with E-state index in [4.69, 9.17) is 10.5 Å². The highest BCUT2D eigenvalue weighted by Crippen LogP contribution is 2.19. The molecule has 0 heterocycles. The predicted octanol–water partition coefficient (Wildman–Crippen LogP) is 12.8. The van der Waals surface area contributed by atoms with Crippen LogP contribution >= 0.6 is 0 Å². The van der Waals surface area contributed by atoms with Crippen LogP contribution in [-0.4, -0.2) is 41.6 Å². The van der Waals surface area contributed by atoms with Gasteiger partial charge < -0.3 is 20.9 Å². The second-order valence-corrected chi connectivity index (χ2v) is 15.5. The number of esters is 1. The number of carbonyl (C=O) groups excluding carboxylic acids is 2. The number of allylic oxidation sites excluding steroid dienone is 4. The fraction of sp³-hybridized carbons (Fsp3) is 0.848. The summed E-state index contributed by atoms with van der Waals surface area (Å²) in [6, 6.07) is -0.858. The largest absolute Gasteiger partial charge is 0.480 e. The number of hydrogen-bond donors (Lipinski definition) is 3. The van der Waals surface area contributed by atoms with Gasteiger partial charge in [-0.05, 0) is 90.0 Å². The van der Waals surface area contributed by atoms with Gasteiger partial charge in [-0.3, -0.25) is 9.59 Å². The van der Waals surface area contributed by atoms with Gasteiger partial charge in [0.1, 0.15) is 12.1 Å². The molecule has 0 bridgehead atoms. The third-order valence-corrected chi connectivity index (χ3v) is 10.3. The first kappa shape index (κ1) is 50.9. The van der Waals surface area contributed by atoms with Crippen molar-refractivity contribution in [2.75, 3.05) is 6.54 Å². The third kappa shape index (κ3) is 37.9. The molecule has 0 spiro atoms. The van der Waals surface area contributed by atoms with Crippen molar-refractivity contribution in [2.45, 2.75) is 244 Å². The molecule has 0 aliphatic heterocycles. The van der Waals surface area contributed by atoms with Gasteiger partial charge in [-0.25, -0.2) is 4.79 Å². The molecule has 310 valence electrons. The maximum atomic E-state index is 12.8. The minimum Gasteiger partial charge on any atom is -0.480 e. The molecule has 0 fully saturated rings. The van der Waals surface area contributed by atoms with Crippen LogP contribution in [0.5, 0.6) is 0 Å². The molecule has 0 saturated carbocycles. The summed E-state index contributed by atoms with van der Waals surface area (Å²) in [6.07, 6.45) is 46.5. The van der Waals surface area contributed by atoms with Crippen molar-refractivity contribution in [1.82, 2.24) is 5.32 Å². The summed E-state index contributed by atoms with van der Waals surface area (Å²) >= 11 is 0.